The third-order valence-corrected chi connectivity index (χ3v) is 6.00. The number of hydrogen-bond donors (Lipinski definition) is 3. The van der Waals surface area contributed by atoms with Crippen LogP contribution in [0.1, 0.15) is 21.5 Å². The third kappa shape index (κ3) is 4.39. The number of anilines is 2. The molecule has 0 atom stereocenters. The van der Waals surface area contributed by atoms with Crippen molar-refractivity contribution in [2.75, 3.05) is 11.9 Å². The molecule has 2 heterocycles. The van der Waals surface area contributed by atoms with E-state index in [9.17, 15) is 14.7 Å². The Morgan fingerprint density at radius 3 is 2.58 bits per heavy atom. The van der Waals surface area contributed by atoms with Gasteiger partial charge in [-0.2, -0.15) is 0 Å². The van der Waals surface area contributed by atoms with Crippen LogP contribution >= 0.6 is 0 Å². The Hall–Kier alpha value is -4.63. The van der Waals surface area contributed by atoms with Gasteiger partial charge in [0, 0.05) is 17.1 Å². The SMILES string of the molecule is Cc1c(C(N)=O)c(=O)oc2cc3c(cc12)nc(Nc1ccc(CO)cc1)n3CCOc1ccccc1. The molecule has 9 nitrogen and oxygen atoms in total. The molecule has 0 radical (unpaired) electrons. The first-order valence-corrected chi connectivity index (χ1v) is 11.4. The predicted molar refractivity (Wildman–Crippen MR) is 137 cm³/mol. The summed E-state index contributed by atoms with van der Waals surface area (Å²) in [4.78, 5) is 29.0. The van der Waals surface area contributed by atoms with E-state index in [-0.39, 0.29) is 12.2 Å². The minimum absolute atomic E-state index is 0.0416. The first-order chi connectivity index (χ1) is 17.4. The molecule has 4 N–H and O–H groups in total. The average molecular weight is 485 g/mol. The zero-order chi connectivity index (χ0) is 25.2. The fourth-order valence-electron chi connectivity index (χ4n) is 4.17. The van der Waals surface area contributed by atoms with Gasteiger partial charge >= 0.3 is 5.63 Å². The number of benzene rings is 3. The van der Waals surface area contributed by atoms with Crippen LogP contribution in [0.4, 0.5) is 11.6 Å². The van der Waals surface area contributed by atoms with Gasteiger partial charge in [-0.05, 0) is 48.4 Å². The number of fused-ring (bicyclic) bond motifs is 2. The Kier molecular flexibility index (Phi) is 6.14. The lowest BCUT2D eigenvalue weighted by Gasteiger charge is -2.12. The second-order valence-corrected chi connectivity index (χ2v) is 8.32. The maximum absolute atomic E-state index is 12.4. The van der Waals surface area contributed by atoms with Gasteiger partial charge in [-0.25, -0.2) is 9.78 Å². The van der Waals surface area contributed by atoms with E-state index in [2.05, 4.69) is 5.32 Å². The number of aromatic nitrogens is 2. The zero-order valence-electron chi connectivity index (χ0n) is 19.5. The number of nitrogens with one attached hydrogen (secondary N) is 1. The number of nitrogens with zero attached hydrogens (tertiary/aromatic N) is 2. The van der Waals surface area contributed by atoms with E-state index in [1.54, 1.807) is 19.1 Å². The van der Waals surface area contributed by atoms with E-state index in [0.29, 0.717) is 41.1 Å². The number of imidazole rings is 1. The third-order valence-electron chi connectivity index (χ3n) is 6.00. The number of nitrogens with two attached hydrogens (primary N) is 1. The highest BCUT2D eigenvalue weighted by Gasteiger charge is 2.19. The molecule has 0 aliphatic rings. The number of carbonyl (C=O) groups excluding carboxylic acids is 1. The van der Waals surface area contributed by atoms with Gasteiger partial charge < -0.3 is 29.9 Å². The molecule has 5 rings (SSSR count). The summed E-state index contributed by atoms with van der Waals surface area (Å²) in [5.74, 6) is 0.478. The largest absolute Gasteiger partial charge is 0.492 e. The Balaban J connectivity index is 1.59. The molecule has 9 heteroatoms. The Morgan fingerprint density at radius 1 is 1.14 bits per heavy atom. The number of rotatable bonds is 8. The van der Waals surface area contributed by atoms with E-state index < -0.39 is 11.5 Å². The normalized spacial score (nSPS) is 11.2. The smallest absolute Gasteiger partial charge is 0.349 e. The Bertz CT molecular complexity index is 1620. The average Bonchev–Trinajstić information content (AvgIpc) is 3.19. The number of ether oxygens (including phenoxy) is 1. The van der Waals surface area contributed by atoms with Crippen molar-refractivity contribution in [3.8, 4) is 5.75 Å². The summed E-state index contributed by atoms with van der Waals surface area (Å²) in [5, 5.41) is 13.2. The molecule has 182 valence electrons. The molecular formula is C27H24N4O5. The molecule has 5 aromatic rings. The fraction of sp³-hybridized carbons (Fsp3) is 0.148. The molecule has 2 aromatic heterocycles. The minimum atomic E-state index is -0.833. The van der Waals surface area contributed by atoms with Crippen LogP contribution < -0.4 is 21.4 Å². The van der Waals surface area contributed by atoms with E-state index >= 15 is 0 Å². The van der Waals surface area contributed by atoms with Crippen molar-refractivity contribution in [3.05, 3.63) is 93.8 Å². The summed E-state index contributed by atoms with van der Waals surface area (Å²) in [6, 6.07) is 20.4. The zero-order valence-corrected chi connectivity index (χ0v) is 19.5. The van der Waals surface area contributed by atoms with Crippen LogP contribution in [0.3, 0.4) is 0 Å². The van der Waals surface area contributed by atoms with Crippen LogP contribution in [0.15, 0.2) is 75.9 Å². The summed E-state index contributed by atoms with van der Waals surface area (Å²) in [6.45, 7) is 2.45. The molecule has 0 aliphatic heterocycles. The summed E-state index contributed by atoms with van der Waals surface area (Å²) >= 11 is 0. The molecule has 0 bridgehead atoms. The number of para-hydroxylation sites is 1. The van der Waals surface area contributed by atoms with E-state index in [4.69, 9.17) is 19.9 Å². The molecule has 36 heavy (non-hydrogen) atoms. The molecule has 0 fully saturated rings. The summed E-state index contributed by atoms with van der Waals surface area (Å²) < 4.78 is 13.3. The molecule has 0 aliphatic carbocycles. The van der Waals surface area contributed by atoms with E-state index in [1.165, 1.54) is 0 Å². The number of hydrogen-bond acceptors (Lipinski definition) is 7. The molecule has 3 aromatic carbocycles. The van der Waals surface area contributed by atoms with Crippen molar-refractivity contribution >= 4 is 39.5 Å². The van der Waals surface area contributed by atoms with Crippen LogP contribution in [-0.2, 0) is 13.2 Å². The van der Waals surface area contributed by atoms with E-state index in [0.717, 1.165) is 22.5 Å². The van der Waals surface area contributed by atoms with Gasteiger partial charge in [-0.15, -0.1) is 0 Å². The van der Waals surface area contributed by atoms with Crippen LogP contribution in [0.25, 0.3) is 22.0 Å². The van der Waals surface area contributed by atoms with Gasteiger partial charge in [-0.1, -0.05) is 30.3 Å². The number of amides is 1. The lowest BCUT2D eigenvalue weighted by molar-refractivity contribution is 0.0996. The van der Waals surface area contributed by atoms with Crippen LogP contribution in [0, 0.1) is 6.92 Å². The summed E-state index contributed by atoms with van der Waals surface area (Å²) in [6.07, 6.45) is 0. The van der Waals surface area contributed by atoms with Gasteiger partial charge in [0.05, 0.1) is 24.2 Å². The van der Waals surface area contributed by atoms with Gasteiger partial charge in [0.1, 0.15) is 23.5 Å². The van der Waals surface area contributed by atoms with Gasteiger partial charge in [0.15, 0.2) is 0 Å². The number of aliphatic hydroxyl groups excluding tert-OH is 1. The quantitative estimate of drug-likeness (QED) is 0.285. The second kappa shape index (κ2) is 9.55. The minimum Gasteiger partial charge on any atom is -0.492 e. The molecular weight excluding hydrogens is 460 g/mol. The maximum Gasteiger partial charge on any atom is 0.349 e. The van der Waals surface area contributed by atoms with Crippen LogP contribution in [-0.4, -0.2) is 27.2 Å². The van der Waals surface area contributed by atoms with Crippen molar-refractivity contribution in [2.45, 2.75) is 20.1 Å². The van der Waals surface area contributed by atoms with Crippen molar-refractivity contribution in [2.24, 2.45) is 5.73 Å². The van der Waals surface area contributed by atoms with Crippen molar-refractivity contribution in [1.29, 1.82) is 0 Å². The van der Waals surface area contributed by atoms with Crippen LogP contribution in [0.2, 0.25) is 0 Å². The molecule has 0 unspecified atom stereocenters. The lowest BCUT2D eigenvalue weighted by Crippen LogP contribution is -2.22. The number of aliphatic hydroxyl groups is 1. The number of aryl methyl sites for hydroxylation is 1. The molecule has 0 spiro atoms. The van der Waals surface area contributed by atoms with Crippen molar-refractivity contribution < 1.29 is 19.1 Å². The van der Waals surface area contributed by atoms with E-state index in [1.807, 2.05) is 59.2 Å². The summed E-state index contributed by atoms with van der Waals surface area (Å²) in [7, 11) is 0. The van der Waals surface area contributed by atoms with Crippen molar-refractivity contribution in [3.63, 3.8) is 0 Å². The molecule has 0 saturated heterocycles. The summed E-state index contributed by atoms with van der Waals surface area (Å²) in [5.41, 5.74) is 8.20. The standard InChI is InChI=1S/C27H24N4O5/c1-16-20-13-21-22(14-23(20)36-26(34)24(16)25(28)33)31(11-12-35-19-5-3-2-4-6-19)27(30-21)29-18-9-7-17(15-32)8-10-18/h2-10,13-14,32H,11-12,15H2,1H3,(H2,28,33)(H,29,30). The molecule has 1 amide bonds. The lowest BCUT2D eigenvalue weighted by atomic mass is 10.1. The number of primary amides is 1. The Morgan fingerprint density at radius 2 is 1.89 bits per heavy atom. The van der Waals surface area contributed by atoms with Crippen LogP contribution in [0.5, 0.6) is 5.75 Å². The van der Waals surface area contributed by atoms with Gasteiger partial charge in [0.25, 0.3) is 5.91 Å². The van der Waals surface area contributed by atoms with Gasteiger partial charge in [0.2, 0.25) is 5.95 Å². The predicted octanol–water partition coefficient (Wildman–Crippen LogP) is 3.86. The fourth-order valence-corrected chi connectivity index (χ4v) is 4.17. The topological polar surface area (TPSA) is 133 Å². The highest BCUT2D eigenvalue weighted by Crippen LogP contribution is 2.29. The highest BCUT2D eigenvalue weighted by molar-refractivity contribution is 6.01. The maximum atomic E-state index is 12.4. The van der Waals surface area contributed by atoms with Gasteiger partial charge in [-0.3, -0.25) is 4.79 Å². The first-order valence-electron chi connectivity index (χ1n) is 11.4. The highest BCUT2D eigenvalue weighted by atomic mass is 16.5. The second-order valence-electron chi connectivity index (χ2n) is 8.32. The monoisotopic (exact) mass is 484 g/mol. The first kappa shape index (κ1) is 23.1. The van der Waals surface area contributed by atoms with Crippen molar-refractivity contribution in [1.82, 2.24) is 9.55 Å². The molecule has 0 saturated carbocycles. The Labute approximate surface area is 205 Å². The number of carbonyl (C=O) groups is 1.